The zero-order valence-electron chi connectivity index (χ0n) is 41.2. The number of rotatable bonds is 26. The molecule has 4 heterocycles. The molecule has 0 fully saturated rings. The summed E-state index contributed by atoms with van der Waals surface area (Å²) in [6.07, 6.45) is 7.77. The van der Waals surface area contributed by atoms with Crippen molar-refractivity contribution < 1.29 is 48.6 Å². The molecule has 15 N–H and O–H groups in total. The molecule has 0 bridgehead atoms. The second kappa shape index (κ2) is 25.2. The van der Waals surface area contributed by atoms with Crippen molar-refractivity contribution in [2.75, 3.05) is 19.7 Å². The first-order valence-electron chi connectivity index (χ1n) is 24.3. The molecule has 7 amide bonds. The van der Waals surface area contributed by atoms with Gasteiger partial charge in [0.25, 0.3) is 0 Å². The molecule has 0 spiro atoms. The van der Waals surface area contributed by atoms with Crippen LogP contribution in [0.2, 0.25) is 0 Å². The van der Waals surface area contributed by atoms with Crippen LogP contribution in [0.3, 0.4) is 0 Å². The maximum atomic E-state index is 14.7. The molecule has 75 heavy (non-hydrogen) atoms. The van der Waals surface area contributed by atoms with Crippen molar-refractivity contribution in [2.24, 2.45) is 11.7 Å². The number of nitrogens with one attached hydrogen (secondary N) is 11. The van der Waals surface area contributed by atoms with Crippen LogP contribution in [0.5, 0.6) is 0 Å². The van der Waals surface area contributed by atoms with E-state index in [0.29, 0.717) is 22.4 Å². The quantitative estimate of drug-likeness (QED) is 0.0347. The summed E-state index contributed by atoms with van der Waals surface area (Å²) < 4.78 is 0. The number of para-hydroxylation sites is 3. The Morgan fingerprint density at radius 3 is 1.41 bits per heavy atom. The number of amides is 7. The summed E-state index contributed by atoms with van der Waals surface area (Å²) >= 11 is 0. The topological polar surface area (TPSA) is 363 Å². The molecular weight excluding hydrogens is 967 g/mol. The van der Waals surface area contributed by atoms with Crippen LogP contribution < -0.4 is 43.0 Å². The van der Waals surface area contributed by atoms with Crippen molar-refractivity contribution >= 4 is 80.0 Å². The number of hydrogen-bond acceptors (Lipinski definition) is 11. The van der Waals surface area contributed by atoms with E-state index in [2.05, 4.69) is 62.1 Å². The SMILES string of the molecule is CC(C)C[C@H](NC(=O)[C@H](Cc1c[nH]c2ccccc12)NC(=O)CNC(=O)CNC(=O)[C@H](Cc1c[nH]c2ccccc12)NC(=O)[C@H](Cc1c[nH]c2ccccc12)NC(=O)[C@H](Cc1cnc[nH]1)NC(=O)[C@@H](N)CO)C(=O)O. The lowest BCUT2D eigenvalue weighted by Crippen LogP contribution is -2.59. The summed E-state index contributed by atoms with van der Waals surface area (Å²) in [7, 11) is 0. The number of benzene rings is 3. The monoisotopic (exact) mass is 1030 g/mol. The molecule has 7 aromatic rings. The molecule has 0 aliphatic rings. The highest BCUT2D eigenvalue weighted by molar-refractivity contribution is 5.98. The maximum Gasteiger partial charge on any atom is 0.326 e. The normalized spacial score (nSPS) is 13.8. The van der Waals surface area contributed by atoms with E-state index in [4.69, 9.17) is 5.73 Å². The molecule has 0 saturated carbocycles. The number of hydrogen-bond donors (Lipinski definition) is 14. The molecule has 394 valence electrons. The Morgan fingerprint density at radius 2 is 0.960 bits per heavy atom. The Bertz CT molecular complexity index is 3140. The van der Waals surface area contributed by atoms with Gasteiger partial charge in [-0.05, 0) is 47.2 Å². The van der Waals surface area contributed by atoms with Crippen LogP contribution >= 0.6 is 0 Å². The van der Waals surface area contributed by atoms with Gasteiger partial charge in [0.15, 0.2) is 0 Å². The van der Waals surface area contributed by atoms with Crippen LogP contribution in [0, 0.1) is 5.92 Å². The van der Waals surface area contributed by atoms with E-state index in [1.54, 1.807) is 18.6 Å². The Kier molecular flexibility index (Phi) is 18.1. The number of carbonyl (C=O) groups is 8. The van der Waals surface area contributed by atoms with E-state index in [-0.39, 0.29) is 38.0 Å². The highest BCUT2D eigenvalue weighted by atomic mass is 16.4. The van der Waals surface area contributed by atoms with Gasteiger partial charge in [0, 0.05) is 88.9 Å². The number of nitrogens with zero attached hydrogens (tertiary/aromatic N) is 1. The molecular formula is C52H61N13O10. The number of H-pyrrole nitrogens is 4. The molecule has 23 nitrogen and oxygen atoms in total. The van der Waals surface area contributed by atoms with Crippen molar-refractivity contribution in [1.82, 2.24) is 62.1 Å². The summed E-state index contributed by atoms with van der Waals surface area (Å²) in [4.78, 5) is 125. The first-order chi connectivity index (χ1) is 36.1. The summed E-state index contributed by atoms with van der Waals surface area (Å²) in [5.74, 6) is -6.82. The van der Waals surface area contributed by atoms with Crippen molar-refractivity contribution in [3.63, 3.8) is 0 Å². The van der Waals surface area contributed by atoms with Gasteiger partial charge in [0.1, 0.15) is 36.3 Å². The van der Waals surface area contributed by atoms with Gasteiger partial charge in [-0.3, -0.25) is 33.6 Å². The number of aromatic nitrogens is 5. The molecule has 0 radical (unpaired) electrons. The van der Waals surface area contributed by atoms with E-state index >= 15 is 0 Å². The number of nitrogens with two attached hydrogens (primary N) is 1. The fourth-order valence-corrected chi connectivity index (χ4v) is 8.66. The zero-order chi connectivity index (χ0) is 53.6. The molecule has 7 rings (SSSR count). The summed E-state index contributed by atoms with van der Waals surface area (Å²) in [6, 6.07) is 14.1. The minimum absolute atomic E-state index is 0.0167. The number of carboxylic acid groups (broad SMARTS) is 1. The number of aliphatic carboxylic acids is 1. The minimum Gasteiger partial charge on any atom is -0.480 e. The van der Waals surface area contributed by atoms with E-state index in [0.717, 1.165) is 32.7 Å². The van der Waals surface area contributed by atoms with Crippen LogP contribution in [-0.4, -0.2) is 138 Å². The predicted octanol–water partition coefficient (Wildman–Crippen LogP) is 0.231. The van der Waals surface area contributed by atoms with Crippen LogP contribution in [0.4, 0.5) is 0 Å². The molecule has 0 saturated heterocycles. The number of aliphatic hydroxyl groups excluding tert-OH is 1. The average molecular weight is 1030 g/mol. The van der Waals surface area contributed by atoms with Crippen molar-refractivity contribution in [3.8, 4) is 0 Å². The number of imidazole rings is 1. The van der Waals surface area contributed by atoms with Crippen LogP contribution in [0.15, 0.2) is 104 Å². The van der Waals surface area contributed by atoms with Gasteiger partial charge in [-0.25, -0.2) is 9.78 Å². The Hall–Kier alpha value is -8.83. The first kappa shape index (κ1) is 54.0. The second-order valence-corrected chi connectivity index (χ2v) is 18.6. The number of carbonyl (C=O) groups excluding carboxylic acids is 7. The van der Waals surface area contributed by atoms with Crippen LogP contribution in [-0.2, 0) is 64.0 Å². The third-order valence-corrected chi connectivity index (χ3v) is 12.6. The molecule has 6 atom stereocenters. The second-order valence-electron chi connectivity index (χ2n) is 18.6. The Balaban J connectivity index is 1.06. The van der Waals surface area contributed by atoms with Crippen LogP contribution in [0.1, 0.15) is 42.7 Å². The highest BCUT2D eigenvalue weighted by Gasteiger charge is 2.33. The van der Waals surface area contributed by atoms with Gasteiger partial charge in [0.05, 0.1) is 26.0 Å². The molecule has 0 unspecified atom stereocenters. The van der Waals surface area contributed by atoms with Gasteiger partial charge in [-0.2, -0.15) is 0 Å². The van der Waals surface area contributed by atoms with Gasteiger partial charge in [-0.15, -0.1) is 0 Å². The largest absolute Gasteiger partial charge is 0.480 e. The number of carboxylic acids is 1. The standard InChI is InChI=1S/C52H61N13O10/c1-28(2)15-44(52(74)75)65-49(71)41(17-30-21-56-38-13-7-4-10-34(30)38)61-46(68)25-58-45(67)24-59-48(70)40(16-29-20-55-37-12-6-3-9-33(29)37)63-50(72)42(18-31-22-57-39-14-8-5-11-35(31)39)64-51(73)43(19-32-23-54-27-60-32)62-47(69)36(53)26-66/h3-14,20-23,27-28,36,40-44,55-57,66H,15-19,24-26,53H2,1-2H3,(H,54,60)(H,58,67)(H,59,70)(H,61,68)(H,62,69)(H,63,72)(H,64,73)(H,65,71)(H,74,75)/t36-,40-,41-,42-,43-,44-/m0/s1. The Labute approximate surface area is 429 Å². The van der Waals surface area contributed by atoms with Gasteiger partial charge in [0.2, 0.25) is 41.4 Å². The number of fused-ring (bicyclic) bond motifs is 3. The lowest BCUT2D eigenvalue weighted by molar-refractivity contribution is -0.142. The first-order valence-corrected chi connectivity index (χ1v) is 24.3. The van der Waals surface area contributed by atoms with Crippen LogP contribution in [0.25, 0.3) is 32.7 Å². The fraction of sp³-hybridized carbons (Fsp3) is 0.327. The average Bonchev–Trinajstić information content (AvgIpc) is 4.24. The third kappa shape index (κ3) is 14.4. The fourth-order valence-electron chi connectivity index (χ4n) is 8.66. The predicted molar refractivity (Wildman–Crippen MR) is 276 cm³/mol. The maximum absolute atomic E-state index is 14.7. The molecule has 4 aromatic heterocycles. The van der Waals surface area contributed by atoms with Gasteiger partial charge < -0.3 is 73.1 Å². The lowest BCUT2D eigenvalue weighted by Gasteiger charge is -2.26. The van der Waals surface area contributed by atoms with Crippen molar-refractivity contribution in [3.05, 3.63) is 126 Å². The minimum atomic E-state index is -1.36. The van der Waals surface area contributed by atoms with Crippen molar-refractivity contribution in [2.45, 2.75) is 82.2 Å². The smallest absolute Gasteiger partial charge is 0.326 e. The number of aromatic amines is 4. The van der Waals surface area contributed by atoms with E-state index in [1.165, 1.54) is 12.5 Å². The van der Waals surface area contributed by atoms with Crippen molar-refractivity contribution in [1.29, 1.82) is 0 Å². The summed E-state index contributed by atoms with van der Waals surface area (Å²) in [5.41, 5.74) is 10.5. The molecule has 23 heteroatoms. The van der Waals surface area contributed by atoms with E-state index in [1.807, 2.05) is 86.6 Å². The van der Waals surface area contributed by atoms with E-state index < -0.39 is 103 Å². The van der Waals surface area contributed by atoms with Gasteiger partial charge in [-0.1, -0.05) is 68.4 Å². The molecule has 3 aromatic carbocycles. The van der Waals surface area contributed by atoms with E-state index in [9.17, 15) is 48.6 Å². The highest BCUT2D eigenvalue weighted by Crippen LogP contribution is 2.22. The molecule has 0 aliphatic carbocycles. The Morgan fingerprint density at radius 1 is 0.533 bits per heavy atom. The third-order valence-electron chi connectivity index (χ3n) is 12.6. The van der Waals surface area contributed by atoms with Gasteiger partial charge >= 0.3 is 5.97 Å². The summed E-state index contributed by atoms with van der Waals surface area (Å²) in [5, 5.41) is 39.9. The zero-order valence-corrected chi connectivity index (χ0v) is 41.2. The lowest BCUT2D eigenvalue weighted by atomic mass is 10.0. The number of aliphatic hydroxyl groups is 1. The molecule has 0 aliphatic heterocycles. The summed E-state index contributed by atoms with van der Waals surface area (Å²) in [6.45, 7) is 1.65.